The minimum absolute atomic E-state index is 0.0525. The van der Waals surface area contributed by atoms with Crippen LogP contribution in [-0.4, -0.2) is 26.3 Å². The minimum Gasteiger partial charge on any atom is -0.496 e. The molecule has 5 heteroatoms. The standard InChI is InChI=1S/C34H43N3O2/c1-9-23-11-12-32(39-8)29(13-23)27-16-28-30(34(38)37-31(28)14-24(27)10-2)15-26-20(4)19(3)21(5)33(22(26)6)25(17-35)18-36-7/h11-20,24,27,35-36H,9-10H2,1-8H3,(H,37,38)/b25-18+,30-15-,35-17?. The van der Waals surface area contributed by atoms with Crippen LogP contribution in [0.25, 0.3) is 0 Å². The minimum atomic E-state index is -0.0525. The van der Waals surface area contributed by atoms with Crippen LogP contribution >= 0.6 is 0 Å². The highest BCUT2D eigenvalue weighted by atomic mass is 16.5. The molecule has 1 aromatic carbocycles. The first kappa shape index (κ1) is 28.4. The van der Waals surface area contributed by atoms with E-state index in [-0.39, 0.29) is 29.6 Å². The molecule has 206 valence electrons. The Kier molecular flexibility index (Phi) is 8.48. The van der Waals surface area contributed by atoms with E-state index in [1.807, 2.05) is 13.2 Å². The lowest BCUT2D eigenvalue weighted by Crippen LogP contribution is -2.22. The van der Waals surface area contributed by atoms with Gasteiger partial charge in [-0.15, -0.1) is 0 Å². The highest BCUT2D eigenvalue weighted by Gasteiger charge is 2.36. The van der Waals surface area contributed by atoms with Gasteiger partial charge in [0, 0.05) is 53.4 Å². The Balaban J connectivity index is 1.88. The van der Waals surface area contributed by atoms with Crippen LogP contribution in [0.2, 0.25) is 0 Å². The van der Waals surface area contributed by atoms with E-state index in [1.165, 1.54) is 22.9 Å². The summed E-state index contributed by atoms with van der Waals surface area (Å²) < 4.78 is 5.80. The molecule has 2 aliphatic carbocycles. The molecule has 1 fully saturated rings. The summed E-state index contributed by atoms with van der Waals surface area (Å²) >= 11 is 0. The summed E-state index contributed by atoms with van der Waals surface area (Å²) in [5.41, 5.74) is 10.6. The van der Waals surface area contributed by atoms with Crippen LogP contribution in [0.1, 0.15) is 65.0 Å². The van der Waals surface area contributed by atoms with Crippen molar-refractivity contribution in [2.24, 2.45) is 17.8 Å². The molecule has 5 nitrogen and oxygen atoms in total. The van der Waals surface area contributed by atoms with Gasteiger partial charge in [0.05, 0.1) is 7.11 Å². The van der Waals surface area contributed by atoms with Gasteiger partial charge in [0.15, 0.2) is 0 Å². The second-order valence-corrected chi connectivity index (χ2v) is 10.9. The summed E-state index contributed by atoms with van der Waals surface area (Å²) in [7, 11) is 3.58. The number of carbonyl (C=O) groups is 1. The predicted octanol–water partition coefficient (Wildman–Crippen LogP) is 6.92. The van der Waals surface area contributed by atoms with E-state index in [4.69, 9.17) is 10.1 Å². The number of fused-ring (bicyclic) bond motifs is 1. The summed E-state index contributed by atoms with van der Waals surface area (Å²) in [5.74, 6) is 1.74. The third-order valence-electron chi connectivity index (χ3n) is 8.96. The second kappa shape index (κ2) is 11.6. The fraction of sp³-hybridized carbons (Fsp3) is 0.412. The highest BCUT2D eigenvalue weighted by Crippen LogP contribution is 2.46. The van der Waals surface area contributed by atoms with Crippen molar-refractivity contribution in [1.29, 1.82) is 5.41 Å². The third kappa shape index (κ3) is 5.07. The van der Waals surface area contributed by atoms with Gasteiger partial charge in [0.2, 0.25) is 0 Å². The number of allylic oxidation sites excluding steroid dienone is 9. The van der Waals surface area contributed by atoms with Crippen LogP contribution in [0.5, 0.6) is 5.75 Å². The number of benzene rings is 1. The van der Waals surface area contributed by atoms with E-state index in [0.29, 0.717) is 5.57 Å². The maximum absolute atomic E-state index is 13.4. The second-order valence-electron chi connectivity index (χ2n) is 10.9. The average molecular weight is 526 g/mol. The van der Waals surface area contributed by atoms with E-state index in [9.17, 15) is 4.79 Å². The monoisotopic (exact) mass is 525 g/mol. The number of methoxy groups -OCH3 is 1. The number of nitrogens with one attached hydrogen (secondary N) is 3. The van der Waals surface area contributed by atoms with E-state index in [2.05, 4.69) is 88.6 Å². The zero-order valence-corrected chi connectivity index (χ0v) is 24.7. The first-order valence-electron chi connectivity index (χ1n) is 14.1. The molecule has 4 rings (SSSR count). The molecule has 39 heavy (non-hydrogen) atoms. The molecule has 1 aliphatic heterocycles. The average Bonchev–Trinajstić information content (AvgIpc) is 3.25. The first-order valence-corrected chi connectivity index (χ1v) is 14.1. The van der Waals surface area contributed by atoms with Gasteiger partial charge in [-0.25, -0.2) is 0 Å². The van der Waals surface area contributed by atoms with Gasteiger partial charge in [0.1, 0.15) is 5.75 Å². The molecule has 0 radical (unpaired) electrons. The van der Waals surface area contributed by atoms with Crippen LogP contribution in [0, 0.1) is 23.2 Å². The van der Waals surface area contributed by atoms with E-state index in [0.717, 1.165) is 52.2 Å². The molecule has 1 heterocycles. The van der Waals surface area contributed by atoms with Crippen molar-refractivity contribution in [3.05, 3.63) is 98.5 Å². The largest absolute Gasteiger partial charge is 0.496 e. The maximum atomic E-state index is 13.4. The molecule has 3 aliphatic rings. The van der Waals surface area contributed by atoms with Crippen LogP contribution < -0.4 is 15.4 Å². The zero-order chi connectivity index (χ0) is 28.4. The SMILES string of the molecule is CCc1ccc(OC)c(C2C=C3C(=CC2CC)NC(=O)/C3=C\C2=C(C)C(/C(C=N)=C/NC)=C(C)C(C)C2C)c1. The van der Waals surface area contributed by atoms with Gasteiger partial charge in [-0.2, -0.15) is 0 Å². The molecule has 3 N–H and O–H groups in total. The van der Waals surface area contributed by atoms with Gasteiger partial charge in [0.25, 0.3) is 5.91 Å². The predicted molar refractivity (Wildman–Crippen MR) is 161 cm³/mol. The zero-order valence-electron chi connectivity index (χ0n) is 24.7. The topological polar surface area (TPSA) is 74.2 Å². The third-order valence-corrected chi connectivity index (χ3v) is 8.96. The van der Waals surface area contributed by atoms with Crippen molar-refractivity contribution in [2.75, 3.05) is 14.2 Å². The number of carbonyl (C=O) groups excluding carboxylic acids is 1. The summed E-state index contributed by atoms with van der Waals surface area (Å²) in [6.07, 6.45) is 11.8. The molecule has 1 amide bonds. The highest BCUT2D eigenvalue weighted by molar-refractivity contribution is 6.06. The van der Waals surface area contributed by atoms with Crippen LogP contribution in [0.3, 0.4) is 0 Å². The molecule has 1 aromatic rings. The lowest BCUT2D eigenvalue weighted by atomic mass is 9.71. The summed E-state index contributed by atoms with van der Waals surface area (Å²) in [6.45, 7) is 13.1. The Bertz CT molecular complexity index is 1370. The van der Waals surface area contributed by atoms with E-state index in [1.54, 1.807) is 7.11 Å². The van der Waals surface area contributed by atoms with Gasteiger partial charge < -0.3 is 20.8 Å². The number of amides is 1. The smallest absolute Gasteiger partial charge is 0.256 e. The number of aryl methyl sites for hydroxylation is 1. The fourth-order valence-electron chi connectivity index (χ4n) is 6.39. The van der Waals surface area contributed by atoms with Gasteiger partial charge in [-0.05, 0) is 78.9 Å². The molecule has 4 atom stereocenters. The summed E-state index contributed by atoms with van der Waals surface area (Å²) in [4.78, 5) is 13.4. The first-order chi connectivity index (χ1) is 18.7. The molecule has 0 aromatic heterocycles. The van der Waals surface area contributed by atoms with E-state index >= 15 is 0 Å². The number of ether oxygens (including phenoxy) is 1. The summed E-state index contributed by atoms with van der Waals surface area (Å²) in [6, 6.07) is 6.47. The normalized spacial score (nSPS) is 26.3. The quantitative estimate of drug-likeness (QED) is 0.255. The van der Waals surface area contributed by atoms with Crippen molar-refractivity contribution in [3.63, 3.8) is 0 Å². The molecule has 1 saturated heterocycles. The van der Waals surface area contributed by atoms with Crippen LogP contribution in [0.4, 0.5) is 0 Å². The van der Waals surface area contributed by atoms with Crippen LogP contribution in [-0.2, 0) is 11.2 Å². The van der Waals surface area contributed by atoms with Crippen molar-refractivity contribution >= 4 is 12.1 Å². The van der Waals surface area contributed by atoms with Crippen molar-refractivity contribution in [2.45, 2.75) is 60.3 Å². The van der Waals surface area contributed by atoms with Gasteiger partial charge >= 0.3 is 0 Å². The van der Waals surface area contributed by atoms with Crippen molar-refractivity contribution in [3.8, 4) is 5.75 Å². The Morgan fingerprint density at radius 2 is 1.90 bits per heavy atom. The number of hydrogen-bond donors (Lipinski definition) is 3. The Labute approximate surface area is 234 Å². The fourth-order valence-corrected chi connectivity index (χ4v) is 6.39. The van der Waals surface area contributed by atoms with Gasteiger partial charge in [-0.1, -0.05) is 57.6 Å². The molecule has 0 saturated carbocycles. The lowest BCUT2D eigenvalue weighted by Gasteiger charge is -2.33. The van der Waals surface area contributed by atoms with Gasteiger partial charge in [-0.3, -0.25) is 4.79 Å². The molecule has 4 unspecified atom stereocenters. The van der Waals surface area contributed by atoms with Crippen LogP contribution in [0.15, 0.2) is 87.3 Å². The maximum Gasteiger partial charge on any atom is 0.256 e. The van der Waals surface area contributed by atoms with Crippen molar-refractivity contribution < 1.29 is 9.53 Å². The molecular formula is C34H43N3O2. The number of hydrogen-bond acceptors (Lipinski definition) is 4. The molecule has 0 bridgehead atoms. The summed E-state index contributed by atoms with van der Waals surface area (Å²) in [5, 5.41) is 14.3. The molecular weight excluding hydrogens is 482 g/mol. The lowest BCUT2D eigenvalue weighted by molar-refractivity contribution is -0.115. The number of rotatable bonds is 8. The Morgan fingerprint density at radius 3 is 2.51 bits per heavy atom. The Hall–Kier alpha value is -3.60. The van der Waals surface area contributed by atoms with Crippen molar-refractivity contribution in [1.82, 2.24) is 10.6 Å². The Morgan fingerprint density at radius 1 is 1.15 bits per heavy atom. The van der Waals surface area contributed by atoms with E-state index < -0.39 is 0 Å². The molecule has 0 spiro atoms.